The van der Waals surface area contributed by atoms with Gasteiger partial charge in [0, 0.05) is 23.7 Å². The highest BCUT2D eigenvalue weighted by Crippen LogP contribution is 2.32. The molecule has 0 bridgehead atoms. The number of Topliss-reactive ketones (excluding diaryl/α,β-unsaturated/α-hetero) is 1. The number of H-pyrrole nitrogens is 1. The van der Waals surface area contributed by atoms with Crippen LogP contribution in [0.4, 0.5) is 0 Å². The Labute approximate surface area is 119 Å². The van der Waals surface area contributed by atoms with Gasteiger partial charge in [-0.1, -0.05) is 38.2 Å². The molecule has 1 saturated carbocycles. The summed E-state index contributed by atoms with van der Waals surface area (Å²) in [6, 6.07) is 5.83. The molecule has 1 aromatic carbocycles. The van der Waals surface area contributed by atoms with E-state index in [1.165, 1.54) is 32.1 Å². The van der Waals surface area contributed by atoms with E-state index in [2.05, 4.69) is 4.98 Å². The molecular formula is C17H21NO2. The van der Waals surface area contributed by atoms with Crippen LogP contribution in [0.5, 0.6) is 5.75 Å². The molecule has 1 N–H and O–H groups in total. The number of carbonyl (C=O) groups excluding carboxylic acids is 1. The maximum Gasteiger partial charge on any atom is 0.165 e. The summed E-state index contributed by atoms with van der Waals surface area (Å²) in [5.74, 6) is 1.58. The lowest BCUT2D eigenvalue weighted by atomic mass is 9.85. The maximum absolute atomic E-state index is 12.6. The molecule has 2 aromatic rings. The third-order valence-corrected chi connectivity index (χ3v) is 4.39. The molecule has 1 aliphatic rings. The molecule has 106 valence electrons. The predicted molar refractivity (Wildman–Crippen MR) is 80.4 cm³/mol. The number of fused-ring (bicyclic) bond motifs is 1. The Morgan fingerprint density at radius 1 is 1.30 bits per heavy atom. The molecule has 0 spiro atoms. The van der Waals surface area contributed by atoms with Crippen molar-refractivity contribution in [2.24, 2.45) is 5.92 Å². The highest BCUT2D eigenvalue weighted by Gasteiger charge is 2.21. The molecule has 3 nitrogen and oxygen atoms in total. The SMILES string of the molecule is COc1cccc2[nH]cc(C(=O)CC3CCCCC3)c12. The number of ether oxygens (including phenoxy) is 1. The van der Waals surface area contributed by atoms with Crippen molar-refractivity contribution in [3.63, 3.8) is 0 Å². The summed E-state index contributed by atoms with van der Waals surface area (Å²) in [5.41, 5.74) is 1.75. The molecule has 0 unspecified atom stereocenters. The predicted octanol–water partition coefficient (Wildman–Crippen LogP) is 4.33. The van der Waals surface area contributed by atoms with Crippen molar-refractivity contribution in [2.45, 2.75) is 38.5 Å². The van der Waals surface area contributed by atoms with Gasteiger partial charge in [-0.15, -0.1) is 0 Å². The van der Waals surface area contributed by atoms with Crippen LogP contribution in [0.15, 0.2) is 24.4 Å². The van der Waals surface area contributed by atoms with Crippen LogP contribution in [0.3, 0.4) is 0 Å². The molecule has 1 fully saturated rings. The van der Waals surface area contributed by atoms with Gasteiger partial charge in [-0.2, -0.15) is 0 Å². The van der Waals surface area contributed by atoms with Crippen molar-refractivity contribution in [1.82, 2.24) is 4.98 Å². The van der Waals surface area contributed by atoms with Gasteiger partial charge >= 0.3 is 0 Å². The van der Waals surface area contributed by atoms with Crippen LogP contribution in [0, 0.1) is 5.92 Å². The molecule has 0 saturated heterocycles. The first-order valence-corrected chi connectivity index (χ1v) is 7.47. The molecule has 0 aliphatic heterocycles. The van der Waals surface area contributed by atoms with Gasteiger partial charge in [0.05, 0.1) is 12.5 Å². The summed E-state index contributed by atoms with van der Waals surface area (Å²) in [5, 5.41) is 0.927. The number of nitrogens with one attached hydrogen (secondary N) is 1. The Kier molecular flexibility index (Phi) is 3.77. The van der Waals surface area contributed by atoms with Gasteiger partial charge in [0.25, 0.3) is 0 Å². The third kappa shape index (κ3) is 2.45. The van der Waals surface area contributed by atoms with Gasteiger partial charge in [-0.3, -0.25) is 4.79 Å². The summed E-state index contributed by atoms with van der Waals surface area (Å²) >= 11 is 0. The Morgan fingerprint density at radius 2 is 2.10 bits per heavy atom. The van der Waals surface area contributed by atoms with Gasteiger partial charge in [0.1, 0.15) is 5.75 Å². The van der Waals surface area contributed by atoms with E-state index in [-0.39, 0.29) is 5.78 Å². The molecule has 3 rings (SSSR count). The van der Waals surface area contributed by atoms with E-state index < -0.39 is 0 Å². The molecule has 0 amide bonds. The van der Waals surface area contributed by atoms with Crippen LogP contribution in [0.25, 0.3) is 10.9 Å². The minimum atomic E-state index is 0.243. The van der Waals surface area contributed by atoms with E-state index in [9.17, 15) is 4.79 Å². The number of benzene rings is 1. The van der Waals surface area contributed by atoms with Crippen LogP contribution in [-0.2, 0) is 0 Å². The minimum Gasteiger partial charge on any atom is -0.496 e. The molecule has 1 aliphatic carbocycles. The first-order valence-electron chi connectivity index (χ1n) is 7.47. The highest BCUT2D eigenvalue weighted by atomic mass is 16.5. The summed E-state index contributed by atoms with van der Waals surface area (Å²) < 4.78 is 5.39. The Bertz CT molecular complexity index is 608. The van der Waals surface area contributed by atoms with E-state index >= 15 is 0 Å². The maximum atomic E-state index is 12.6. The number of aromatic nitrogens is 1. The lowest BCUT2D eigenvalue weighted by Gasteiger charge is -2.20. The van der Waals surface area contributed by atoms with Crippen LogP contribution >= 0.6 is 0 Å². The molecular weight excluding hydrogens is 250 g/mol. The van der Waals surface area contributed by atoms with Crippen LogP contribution in [0.2, 0.25) is 0 Å². The van der Waals surface area contributed by atoms with Crippen LogP contribution in [0.1, 0.15) is 48.9 Å². The fourth-order valence-electron chi connectivity index (χ4n) is 3.30. The van der Waals surface area contributed by atoms with E-state index in [1.807, 2.05) is 24.4 Å². The number of methoxy groups -OCH3 is 1. The molecule has 3 heteroatoms. The second-order valence-corrected chi connectivity index (χ2v) is 5.72. The van der Waals surface area contributed by atoms with Crippen molar-refractivity contribution in [3.8, 4) is 5.75 Å². The van der Waals surface area contributed by atoms with Gasteiger partial charge < -0.3 is 9.72 Å². The second-order valence-electron chi connectivity index (χ2n) is 5.72. The standard InChI is InChI=1S/C17H21NO2/c1-20-16-9-5-8-14-17(16)13(11-18-14)15(19)10-12-6-3-2-4-7-12/h5,8-9,11-12,18H,2-4,6-7,10H2,1H3. The van der Waals surface area contributed by atoms with Crippen LogP contribution in [-0.4, -0.2) is 17.9 Å². The fourth-order valence-corrected chi connectivity index (χ4v) is 3.30. The zero-order valence-electron chi connectivity index (χ0n) is 11.9. The first-order chi connectivity index (χ1) is 9.79. The van der Waals surface area contributed by atoms with Gasteiger partial charge in [-0.05, 0) is 18.1 Å². The largest absolute Gasteiger partial charge is 0.496 e. The molecule has 0 radical (unpaired) electrons. The van der Waals surface area contributed by atoms with E-state index in [0.29, 0.717) is 12.3 Å². The fraction of sp³-hybridized carbons (Fsp3) is 0.471. The Hall–Kier alpha value is -1.77. The van der Waals surface area contributed by atoms with E-state index in [0.717, 1.165) is 22.2 Å². The summed E-state index contributed by atoms with van der Waals surface area (Å²) in [6.07, 6.45) is 8.77. The average Bonchev–Trinajstić information content (AvgIpc) is 2.92. The quantitative estimate of drug-likeness (QED) is 0.841. The zero-order chi connectivity index (χ0) is 13.9. The Balaban J connectivity index is 1.87. The summed E-state index contributed by atoms with van der Waals surface area (Å²) in [7, 11) is 1.65. The molecule has 1 heterocycles. The topological polar surface area (TPSA) is 42.1 Å². The smallest absolute Gasteiger partial charge is 0.165 e. The third-order valence-electron chi connectivity index (χ3n) is 4.39. The van der Waals surface area contributed by atoms with Crippen molar-refractivity contribution in [1.29, 1.82) is 0 Å². The monoisotopic (exact) mass is 271 g/mol. The van der Waals surface area contributed by atoms with Gasteiger partial charge in [0.2, 0.25) is 0 Å². The lowest BCUT2D eigenvalue weighted by Crippen LogP contribution is -2.12. The summed E-state index contributed by atoms with van der Waals surface area (Å²) in [4.78, 5) is 15.8. The highest BCUT2D eigenvalue weighted by molar-refractivity contribution is 6.10. The molecule has 20 heavy (non-hydrogen) atoms. The molecule has 1 aromatic heterocycles. The normalized spacial score (nSPS) is 16.4. The van der Waals surface area contributed by atoms with Gasteiger partial charge in [0.15, 0.2) is 5.78 Å². The molecule has 0 atom stereocenters. The van der Waals surface area contributed by atoms with Crippen molar-refractivity contribution >= 4 is 16.7 Å². The summed E-state index contributed by atoms with van der Waals surface area (Å²) in [6.45, 7) is 0. The number of ketones is 1. The number of aromatic amines is 1. The number of hydrogen-bond acceptors (Lipinski definition) is 2. The number of rotatable bonds is 4. The van der Waals surface area contributed by atoms with Crippen LogP contribution < -0.4 is 4.74 Å². The van der Waals surface area contributed by atoms with Gasteiger partial charge in [-0.25, -0.2) is 0 Å². The Morgan fingerprint density at radius 3 is 2.85 bits per heavy atom. The van der Waals surface area contributed by atoms with Crippen molar-refractivity contribution in [3.05, 3.63) is 30.0 Å². The van der Waals surface area contributed by atoms with Crippen molar-refractivity contribution in [2.75, 3.05) is 7.11 Å². The number of hydrogen-bond donors (Lipinski definition) is 1. The first kappa shape index (κ1) is 13.2. The van der Waals surface area contributed by atoms with E-state index in [4.69, 9.17) is 4.74 Å². The zero-order valence-corrected chi connectivity index (χ0v) is 11.9. The van der Waals surface area contributed by atoms with Crippen molar-refractivity contribution < 1.29 is 9.53 Å². The minimum absolute atomic E-state index is 0.243. The lowest BCUT2D eigenvalue weighted by molar-refractivity contribution is 0.0951. The number of carbonyl (C=O) groups is 1. The second kappa shape index (κ2) is 5.70. The average molecular weight is 271 g/mol. The van der Waals surface area contributed by atoms with E-state index in [1.54, 1.807) is 7.11 Å².